The van der Waals surface area contributed by atoms with Crippen LogP contribution in [0.5, 0.6) is 0 Å². The first-order valence-corrected chi connectivity index (χ1v) is 9.76. The Balaban J connectivity index is 1.56. The monoisotopic (exact) mass is 357 g/mol. The number of fused-ring (bicyclic) bond motifs is 1. The molecule has 0 bridgehead atoms. The van der Waals surface area contributed by atoms with Crippen molar-refractivity contribution in [1.82, 2.24) is 9.97 Å². The smallest absolute Gasteiger partial charge is 0.234 e. The lowest BCUT2D eigenvalue weighted by atomic mass is 10.2. The highest BCUT2D eigenvalue weighted by atomic mass is 32.2. The van der Waals surface area contributed by atoms with E-state index in [9.17, 15) is 4.79 Å². The first kappa shape index (κ1) is 16.9. The number of rotatable bonds is 6. The first-order chi connectivity index (χ1) is 11.6. The van der Waals surface area contributed by atoms with Crippen LogP contribution in [0.15, 0.2) is 42.7 Å². The zero-order valence-corrected chi connectivity index (χ0v) is 15.3. The zero-order chi connectivity index (χ0) is 16.9. The van der Waals surface area contributed by atoms with E-state index in [1.54, 1.807) is 29.3 Å². The SMILES string of the molecule is CC(C)c1nc2ccc(NC(=O)CSCc3cccnc3)cc2s1. The molecule has 0 aliphatic carbocycles. The largest absolute Gasteiger partial charge is 0.325 e. The van der Waals surface area contributed by atoms with Crippen molar-refractivity contribution in [3.63, 3.8) is 0 Å². The minimum absolute atomic E-state index is 0.0110. The molecule has 0 radical (unpaired) electrons. The molecule has 0 fully saturated rings. The number of benzene rings is 1. The molecule has 0 spiro atoms. The van der Waals surface area contributed by atoms with Crippen molar-refractivity contribution in [2.45, 2.75) is 25.5 Å². The van der Waals surface area contributed by atoms with Gasteiger partial charge in [-0.25, -0.2) is 4.98 Å². The van der Waals surface area contributed by atoms with Crippen molar-refractivity contribution < 1.29 is 4.79 Å². The van der Waals surface area contributed by atoms with E-state index < -0.39 is 0 Å². The zero-order valence-electron chi connectivity index (χ0n) is 13.7. The number of thioether (sulfide) groups is 1. The van der Waals surface area contributed by atoms with Gasteiger partial charge in [-0.3, -0.25) is 9.78 Å². The number of nitrogens with one attached hydrogen (secondary N) is 1. The van der Waals surface area contributed by atoms with Gasteiger partial charge < -0.3 is 5.32 Å². The van der Waals surface area contributed by atoms with Gasteiger partial charge in [-0.1, -0.05) is 19.9 Å². The Morgan fingerprint density at radius 2 is 2.21 bits per heavy atom. The maximum atomic E-state index is 12.1. The minimum Gasteiger partial charge on any atom is -0.325 e. The summed E-state index contributed by atoms with van der Waals surface area (Å²) in [4.78, 5) is 20.8. The average molecular weight is 358 g/mol. The minimum atomic E-state index is 0.0110. The Bertz CT molecular complexity index is 831. The molecule has 1 amide bonds. The summed E-state index contributed by atoms with van der Waals surface area (Å²) < 4.78 is 1.11. The highest BCUT2D eigenvalue weighted by molar-refractivity contribution is 7.99. The molecule has 3 aromatic rings. The molecule has 1 N–H and O–H groups in total. The maximum Gasteiger partial charge on any atom is 0.234 e. The fourth-order valence-corrected chi connectivity index (χ4v) is 3.98. The number of hydrogen-bond donors (Lipinski definition) is 1. The summed E-state index contributed by atoms with van der Waals surface area (Å²) in [5, 5.41) is 4.09. The topological polar surface area (TPSA) is 54.9 Å². The number of anilines is 1. The number of hydrogen-bond acceptors (Lipinski definition) is 5. The Kier molecular flexibility index (Phi) is 5.48. The van der Waals surface area contributed by atoms with Gasteiger partial charge in [0.2, 0.25) is 5.91 Å². The molecule has 0 saturated carbocycles. The Morgan fingerprint density at radius 1 is 1.33 bits per heavy atom. The molecule has 0 aliphatic rings. The Hall–Kier alpha value is -1.92. The number of carbonyl (C=O) groups is 1. The van der Waals surface area contributed by atoms with Gasteiger partial charge in [0.05, 0.1) is 21.0 Å². The van der Waals surface area contributed by atoms with E-state index in [0.717, 1.165) is 32.2 Å². The molecule has 2 aromatic heterocycles. The number of thiazole rings is 1. The molecule has 6 heteroatoms. The number of nitrogens with zero attached hydrogens (tertiary/aromatic N) is 2. The normalized spacial score (nSPS) is 11.1. The van der Waals surface area contributed by atoms with Crippen LogP contribution in [-0.2, 0) is 10.5 Å². The Morgan fingerprint density at radius 3 is 2.96 bits per heavy atom. The van der Waals surface area contributed by atoms with Gasteiger partial charge >= 0.3 is 0 Å². The van der Waals surface area contributed by atoms with Gasteiger partial charge in [0.15, 0.2) is 0 Å². The van der Waals surface area contributed by atoms with E-state index in [0.29, 0.717) is 11.7 Å². The van der Waals surface area contributed by atoms with E-state index in [1.165, 1.54) is 0 Å². The van der Waals surface area contributed by atoms with Crippen LogP contribution in [-0.4, -0.2) is 21.6 Å². The molecule has 0 saturated heterocycles. The lowest BCUT2D eigenvalue weighted by Crippen LogP contribution is -2.14. The summed E-state index contributed by atoms with van der Waals surface area (Å²) in [5.41, 5.74) is 2.95. The van der Waals surface area contributed by atoms with Crippen LogP contribution in [0.3, 0.4) is 0 Å². The van der Waals surface area contributed by atoms with Crippen molar-refractivity contribution >= 4 is 44.9 Å². The summed E-state index contributed by atoms with van der Waals surface area (Å²) in [6, 6.07) is 9.81. The predicted molar refractivity (Wildman–Crippen MR) is 103 cm³/mol. The quantitative estimate of drug-likeness (QED) is 0.695. The molecule has 3 rings (SSSR count). The van der Waals surface area contributed by atoms with Crippen molar-refractivity contribution in [2.24, 2.45) is 0 Å². The first-order valence-electron chi connectivity index (χ1n) is 7.79. The van der Waals surface area contributed by atoms with Crippen molar-refractivity contribution in [3.05, 3.63) is 53.3 Å². The van der Waals surface area contributed by atoms with Crippen LogP contribution in [0.2, 0.25) is 0 Å². The van der Waals surface area contributed by atoms with Gasteiger partial charge in [0.1, 0.15) is 0 Å². The molecule has 0 unspecified atom stereocenters. The third-order valence-electron chi connectivity index (χ3n) is 3.41. The number of pyridine rings is 1. The molecule has 24 heavy (non-hydrogen) atoms. The summed E-state index contributed by atoms with van der Waals surface area (Å²) in [6.45, 7) is 4.28. The van der Waals surface area contributed by atoms with Crippen LogP contribution in [0.4, 0.5) is 5.69 Å². The number of carbonyl (C=O) groups excluding carboxylic acids is 1. The summed E-state index contributed by atoms with van der Waals surface area (Å²) in [5.74, 6) is 1.64. The van der Waals surface area contributed by atoms with Crippen molar-refractivity contribution in [3.8, 4) is 0 Å². The molecular weight excluding hydrogens is 338 g/mol. The fraction of sp³-hybridized carbons (Fsp3) is 0.278. The summed E-state index contributed by atoms with van der Waals surface area (Å²) >= 11 is 3.27. The van der Waals surface area contributed by atoms with E-state index in [2.05, 4.69) is 29.1 Å². The third kappa shape index (κ3) is 4.33. The van der Waals surface area contributed by atoms with Gasteiger partial charge in [0.25, 0.3) is 0 Å². The van der Waals surface area contributed by atoms with Crippen LogP contribution in [0, 0.1) is 0 Å². The van der Waals surface area contributed by atoms with E-state index in [1.807, 2.05) is 36.5 Å². The van der Waals surface area contributed by atoms with Crippen LogP contribution in [0.1, 0.15) is 30.3 Å². The van der Waals surface area contributed by atoms with Crippen molar-refractivity contribution in [1.29, 1.82) is 0 Å². The second kappa shape index (κ2) is 7.77. The van der Waals surface area contributed by atoms with Crippen molar-refractivity contribution in [2.75, 3.05) is 11.1 Å². The van der Waals surface area contributed by atoms with E-state index in [4.69, 9.17) is 0 Å². The lowest BCUT2D eigenvalue weighted by Gasteiger charge is -2.05. The molecule has 1 aromatic carbocycles. The van der Waals surface area contributed by atoms with Gasteiger partial charge in [-0.05, 0) is 29.8 Å². The van der Waals surface area contributed by atoms with Crippen LogP contribution < -0.4 is 5.32 Å². The molecule has 4 nitrogen and oxygen atoms in total. The van der Waals surface area contributed by atoms with Gasteiger partial charge in [-0.15, -0.1) is 23.1 Å². The maximum absolute atomic E-state index is 12.1. The van der Waals surface area contributed by atoms with Crippen LogP contribution >= 0.6 is 23.1 Å². The molecule has 124 valence electrons. The number of aromatic nitrogens is 2. The lowest BCUT2D eigenvalue weighted by molar-refractivity contribution is -0.113. The van der Waals surface area contributed by atoms with Crippen LogP contribution in [0.25, 0.3) is 10.2 Å². The summed E-state index contributed by atoms with van der Waals surface area (Å²) in [7, 11) is 0. The third-order valence-corrected chi connectivity index (χ3v) is 5.73. The molecule has 0 aliphatic heterocycles. The van der Waals surface area contributed by atoms with Gasteiger partial charge in [0, 0.05) is 29.8 Å². The molecule has 0 atom stereocenters. The second-order valence-corrected chi connectivity index (χ2v) is 7.84. The van der Waals surface area contributed by atoms with Gasteiger partial charge in [-0.2, -0.15) is 0 Å². The predicted octanol–water partition coefficient (Wildman–Crippen LogP) is 4.69. The fourth-order valence-electron chi connectivity index (χ4n) is 2.21. The van der Waals surface area contributed by atoms with E-state index in [-0.39, 0.29) is 5.91 Å². The van der Waals surface area contributed by atoms with E-state index >= 15 is 0 Å². The average Bonchev–Trinajstić information content (AvgIpc) is 2.99. The molecule has 2 heterocycles. The summed E-state index contributed by atoms with van der Waals surface area (Å²) in [6.07, 6.45) is 3.58. The number of amides is 1. The second-order valence-electron chi connectivity index (χ2n) is 5.79. The Labute approximate surface area is 149 Å². The highest BCUT2D eigenvalue weighted by Gasteiger charge is 2.09. The highest BCUT2D eigenvalue weighted by Crippen LogP contribution is 2.29. The standard InChI is InChI=1S/C18H19N3OS2/c1-12(2)18-21-15-6-5-14(8-16(15)24-18)20-17(22)11-23-10-13-4-3-7-19-9-13/h3-9,12H,10-11H2,1-2H3,(H,20,22). The molecular formula is C18H19N3OS2.